The second-order valence-corrected chi connectivity index (χ2v) is 1.38. The Kier molecular flexibility index (Phi) is 3.66. The fourth-order valence-corrected chi connectivity index (χ4v) is 0.351. The van der Waals surface area contributed by atoms with E-state index < -0.39 is 0 Å². The van der Waals surface area contributed by atoms with E-state index in [0.29, 0.717) is 6.41 Å². The molecule has 0 aliphatic heterocycles. The van der Waals surface area contributed by atoms with Crippen LogP contribution in [0.4, 0.5) is 0 Å². The molecule has 3 heteroatoms. The van der Waals surface area contributed by atoms with Crippen molar-refractivity contribution in [2.45, 2.75) is 6.92 Å². The van der Waals surface area contributed by atoms with Gasteiger partial charge in [0.15, 0.2) is 0 Å². The molecule has 0 saturated carbocycles. The zero-order chi connectivity index (χ0) is 6.41. The third kappa shape index (κ3) is 3.21. The highest BCUT2D eigenvalue weighted by Crippen LogP contribution is 1.76. The summed E-state index contributed by atoms with van der Waals surface area (Å²) in [6.45, 7) is 1.80. The lowest BCUT2D eigenvalue weighted by Crippen LogP contribution is -2.09. The zero-order valence-corrected chi connectivity index (χ0v) is 5.06. The third-order valence-electron chi connectivity index (χ3n) is 0.647. The Hall–Kier alpha value is -0.990. The van der Waals surface area contributed by atoms with Crippen molar-refractivity contribution in [3.63, 3.8) is 0 Å². The molecule has 0 bridgehead atoms. The van der Waals surface area contributed by atoms with Crippen LogP contribution in [-0.2, 0) is 4.79 Å². The summed E-state index contributed by atoms with van der Waals surface area (Å²) in [6, 6.07) is 0. The van der Waals surface area contributed by atoms with E-state index in [-0.39, 0.29) is 0 Å². The van der Waals surface area contributed by atoms with Gasteiger partial charge in [0, 0.05) is 18.9 Å². The maximum absolute atomic E-state index is 9.71. The SMILES string of the molecule is CN/C=C(/C)NC=O. The normalized spacial score (nSPS) is 10.5. The first kappa shape index (κ1) is 7.01. The second kappa shape index (κ2) is 4.18. The molecular weight excluding hydrogens is 104 g/mol. The summed E-state index contributed by atoms with van der Waals surface area (Å²) in [5.74, 6) is 0. The number of hydrogen-bond donors (Lipinski definition) is 2. The summed E-state index contributed by atoms with van der Waals surface area (Å²) in [5.41, 5.74) is 0.808. The lowest BCUT2D eigenvalue weighted by atomic mass is 10.5. The number of carbonyl (C=O) groups is 1. The molecule has 0 fully saturated rings. The first-order valence-electron chi connectivity index (χ1n) is 2.35. The average molecular weight is 114 g/mol. The van der Waals surface area contributed by atoms with E-state index in [0.717, 1.165) is 5.70 Å². The van der Waals surface area contributed by atoms with Gasteiger partial charge in [0.25, 0.3) is 0 Å². The first-order chi connectivity index (χ1) is 3.81. The predicted octanol–water partition coefficient (Wildman–Crippen LogP) is -0.187. The molecule has 0 atom stereocenters. The summed E-state index contributed by atoms with van der Waals surface area (Å²) in [5, 5.41) is 5.23. The summed E-state index contributed by atoms with van der Waals surface area (Å²) >= 11 is 0. The van der Waals surface area contributed by atoms with E-state index in [4.69, 9.17) is 0 Å². The Bertz CT molecular complexity index is 98.6. The maximum Gasteiger partial charge on any atom is 0.211 e. The van der Waals surface area contributed by atoms with Crippen LogP contribution in [0.2, 0.25) is 0 Å². The minimum atomic E-state index is 0.642. The molecule has 0 unspecified atom stereocenters. The lowest BCUT2D eigenvalue weighted by molar-refractivity contribution is -0.108. The molecule has 0 aliphatic carbocycles. The van der Waals surface area contributed by atoms with Crippen molar-refractivity contribution in [2.75, 3.05) is 7.05 Å². The van der Waals surface area contributed by atoms with Crippen LogP contribution < -0.4 is 10.6 Å². The van der Waals surface area contributed by atoms with Crippen LogP contribution in [0.15, 0.2) is 11.9 Å². The lowest BCUT2D eigenvalue weighted by Gasteiger charge is -1.94. The van der Waals surface area contributed by atoms with Crippen molar-refractivity contribution >= 4 is 6.41 Å². The zero-order valence-electron chi connectivity index (χ0n) is 5.06. The van der Waals surface area contributed by atoms with E-state index in [1.807, 2.05) is 0 Å². The Morgan fingerprint density at radius 1 is 1.62 bits per heavy atom. The Morgan fingerprint density at radius 2 is 2.25 bits per heavy atom. The van der Waals surface area contributed by atoms with Crippen molar-refractivity contribution in [3.8, 4) is 0 Å². The topological polar surface area (TPSA) is 41.1 Å². The van der Waals surface area contributed by atoms with Crippen LogP contribution in [-0.4, -0.2) is 13.5 Å². The highest BCUT2D eigenvalue weighted by atomic mass is 16.1. The van der Waals surface area contributed by atoms with Gasteiger partial charge in [-0.2, -0.15) is 0 Å². The molecule has 0 aliphatic rings. The highest BCUT2D eigenvalue weighted by Gasteiger charge is 1.78. The molecule has 0 spiro atoms. The van der Waals surface area contributed by atoms with Gasteiger partial charge in [0.2, 0.25) is 6.41 Å². The molecule has 3 nitrogen and oxygen atoms in total. The summed E-state index contributed by atoms with van der Waals surface area (Å²) in [7, 11) is 1.77. The quantitative estimate of drug-likeness (QED) is 0.499. The third-order valence-corrected chi connectivity index (χ3v) is 0.647. The van der Waals surface area contributed by atoms with Gasteiger partial charge in [0.05, 0.1) is 0 Å². The van der Waals surface area contributed by atoms with Gasteiger partial charge in [-0.15, -0.1) is 0 Å². The predicted molar refractivity (Wildman–Crippen MR) is 32.0 cm³/mol. The van der Waals surface area contributed by atoms with Crippen LogP contribution in [0.1, 0.15) is 6.92 Å². The Labute approximate surface area is 48.8 Å². The molecule has 0 saturated heterocycles. The van der Waals surface area contributed by atoms with E-state index in [1.54, 1.807) is 20.2 Å². The van der Waals surface area contributed by atoms with E-state index in [1.165, 1.54) is 0 Å². The average Bonchev–Trinajstić information content (AvgIpc) is 1.68. The fraction of sp³-hybridized carbons (Fsp3) is 0.400. The number of allylic oxidation sites excluding steroid dienone is 1. The number of nitrogens with one attached hydrogen (secondary N) is 2. The number of rotatable bonds is 3. The van der Waals surface area contributed by atoms with Gasteiger partial charge in [0.1, 0.15) is 0 Å². The number of hydrogen-bond acceptors (Lipinski definition) is 2. The van der Waals surface area contributed by atoms with Crippen LogP contribution in [0.5, 0.6) is 0 Å². The summed E-state index contributed by atoms with van der Waals surface area (Å²) in [4.78, 5) is 9.71. The fourth-order valence-electron chi connectivity index (χ4n) is 0.351. The molecule has 2 N–H and O–H groups in total. The van der Waals surface area contributed by atoms with Gasteiger partial charge < -0.3 is 10.6 Å². The molecular formula is C5H10N2O. The molecule has 46 valence electrons. The monoisotopic (exact) mass is 114 g/mol. The molecule has 1 amide bonds. The number of amides is 1. The molecule has 0 aromatic heterocycles. The largest absolute Gasteiger partial charge is 0.393 e. The molecule has 0 radical (unpaired) electrons. The minimum Gasteiger partial charge on any atom is -0.393 e. The van der Waals surface area contributed by atoms with Crippen LogP contribution >= 0.6 is 0 Å². The molecule has 8 heavy (non-hydrogen) atoms. The van der Waals surface area contributed by atoms with Gasteiger partial charge in [-0.25, -0.2) is 0 Å². The standard InChI is InChI=1S/C5H10N2O/c1-5(3-6-2)7-4-8/h3-4,6H,1-2H3,(H,7,8)/b5-3-. The smallest absolute Gasteiger partial charge is 0.211 e. The Morgan fingerprint density at radius 3 is 2.62 bits per heavy atom. The minimum absolute atomic E-state index is 0.642. The van der Waals surface area contributed by atoms with E-state index in [9.17, 15) is 4.79 Å². The molecule has 0 rings (SSSR count). The summed E-state index contributed by atoms with van der Waals surface area (Å²) in [6.07, 6.45) is 2.34. The van der Waals surface area contributed by atoms with Gasteiger partial charge in [-0.05, 0) is 6.92 Å². The molecule has 0 aromatic rings. The van der Waals surface area contributed by atoms with Crippen molar-refractivity contribution in [3.05, 3.63) is 11.9 Å². The van der Waals surface area contributed by atoms with Crippen molar-refractivity contribution < 1.29 is 4.79 Å². The second-order valence-electron chi connectivity index (χ2n) is 1.38. The van der Waals surface area contributed by atoms with Gasteiger partial charge in [-0.1, -0.05) is 0 Å². The van der Waals surface area contributed by atoms with Crippen LogP contribution in [0, 0.1) is 0 Å². The molecule has 0 aromatic carbocycles. The highest BCUT2D eigenvalue weighted by molar-refractivity contribution is 5.49. The van der Waals surface area contributed by atoms with Crippen molar-refractivity contribution in [1.29, 1.82) is 0 Å². The first-order valence-corrected chi connectivity index (χ1v) is 2.35. The Balaban J connectivity index is 3.44. The van der Waals surface area contributed by atoms with E-state index >= 15 is 0 Å². The van der Waals surface area contributed by atoms with Crippen LogP contribution in [0.25, 0.3) is 0 Å². The number of carbonyl (C=O) groups excluding carboxylic acids is 1. The van der Waals surface area contributed by atoms with Gasteiger partial charge >= 0.3 is 0 Å². The van der Waals surface area contributed by atoms with E-state index in [2.05, 4.69) is 10.6 Å². The summed E-state index contributed by atoms with van der Waals surface area (Å²) < 4.78 is 0. The van der Waals surface area contributed by atoms with Gasteiger partial charge in [-0.3, -0.25) is 4.79 Å². The van der Waals surface area contributed by atoms with Crippen molar-refractivity contribution in [1.82, 2.24) is 10.6 Å². The van der Waals surface area contributed by atoms with Crippen LogP contribution in [0.3, 0.4) is 0 Å². The molecule has 0 heterocycles. The maximum atomic E-state index is 9.71. The van der Waals surface area contributed by atoms with Crippen molar-refractivity contribution in [2.24, 2.45) is 0 Å².